The number of nitrogens with one attached hydrogen (secondary N) is 1. The van der Waals surface area contributed by atoms with Gasteiger partial charge in [0.25, 0.3) is 0 Å². The van der Waals surface area contributed by atoms with Crippen LogP contribution >= 0.6 is 28.3 Å². The van der Waals surface area contributed by atoms with Crippen LogP contribution < -0.4 is 5.32 Å². The molecule has 1 aliphatic rings. The third kappa shape index (κ3) is 3.61. The molecular weight excluding hydrogens is 304 g/mol. The summed E-state index contributed by atoms with van der Waals surface area (Å²) in [6.07, 6.45) is 0. The van der Waals surface area contributed by atoms with Crippen LogP contribution in [0.4, 0.5) is 0 Å². The molecule has 1 aliphatic heterocycles. The van der Waals surface area contributed by atoms with Crippen LogP contribution in [0, 0.1) is 5.92 Å². The Kier molecular flexibility index (Phi) is 5.78. The Balaban J connectivity index is 0.00000144. The molecule has 1 heterocycles. The number of benzene rings is 1. The average molecular weight is 318 g/mol. The van der Waals surface area contributed by atoms with E-state index >= 15 is 0 Å². The molecule has 0 radical (unpaired) electrons. The van der Waals surface area contributed by atoms with Crippen LogP contribution in [0.5, 0.6) is 0 Å². The Bertz CT molecular complexity index is 402. The quantitative estimate of drug-likeness (QED) is 0.518. The van der Waals surface area contributed by atoms with E-state index in [9.17, 15) is 0 Å². The van der Waals surface area contributed by atoms with Gasteiger partial charge in [0.15, 0.2) is 0 Å². The van der Waals surface area contributed by atoms with Gasteiger partial charge < -0.3 is 5.32 Å². The minimum atomic E-state index is 0. The van der Waals surface area contributed by atoms with Crippen LogP contribution in [0.2, 0.25) is 0 Å². The summed E-state index contributed by atoms with van der Waals surface area (Å²) in [6.45, 7) is 2.47. The summed E-state index contributed by atoms with van der Waals surface area (Å²) < 4.78 is 1.09. The molecule has 1 aromatic carbocycles. The molecule has 0 aliphatic carbocycles. The Morgan fingerprint density at radius 1 is 1.35 bits per heavy atom. The molecule has 0 bridgehead atoms. The smallest absolute Gasteiger partial charge is 0.0304 e. The number of nitrogens with zero attached hydrogens (tertiary/aromatic N) is 3. The van der Waals surface area contributed by atoms with Gasteiger partial charge >= 0.3 is 0 Å². The Morgan fingerprint density at radius 3 is 2.71 bits per heavy atom. The summed E-state index contributed by atoms with van der Waals surface area (Å²) in [5, 5.41) is 7.03. The lowest BCUT2D eigenvalue weighted by atomic mass is 9.89. The van der Waals surface area contributed by atoms with Crippen molar-refractivity contribution in [3.05, 3.63) is 44.7 Å². The Labute approximate surface area is 115 Å². The van der Waals surface area contributed by atoms with Gasteiger partial charge in [0.1, 0.15) is 0 Å². The summed E-state index contributed by atoms with van der Waals surface area (Å²) in [4.78, 5) is 2.83. The van der Waals surface area contributed by atoms with Crippen molar-refractivity contribution >= 4 is 28.3 Å². The fourth-order valence-electron chi connectivity index (χ4n) is 2.17. The molecule has 0 aromatic heterocycles. The number of hydrogen-bond donors (Lipinski definition) is 1. The van der Waals surface area contributed by atoms with E-state index in [0.717, 1.165) is 17.6 Å². The van der Waals surface area contributed by atoms with E-state index in [1.807, 2.05) is 0 Å². The lowest BCUT2D eigenvalue weighted by molar-refractivity contribution is 0.530. The van der Waals surface area contributed by atoms with Gasteiger partial charge in [0.05, 0.1) is 0 Å². The third-order valence-corrected chi connectivity index (χ3v) is 3.55. The lowest BCUT2D eigenvalue weighted by Gasteiger charge is -2.16. The molecule has 0 saturated carbocycles. The predicted octanol–water partition coefficient (Wildman–Crippen LogP) is 3.48. The van der Waals surface area contributed by atoms with E-state index in [2.05, 4.69) is 55.5 Å². The van der Waals surface area contributed by atoms with E-state index in [4.69, 9.17) is 5.53 Å². The van der Waals surface area contributed by atoms with Gasteiger partial charge in [0, 0.05) is 28.4 Å². The largest absolute Gasteiger partial charge is 0.316 e. The van der Waals surface area contributed by atoms with Crippen molar-refractivity contribution in [1.82, 2.24) is 5.32 Å². The third-order valence-electron chi connectivity index (χ3n) is 3.02. The zero-order valence-corrected chi connectivity index (χ0v) is 11.6. The molecule has 2 unspecified atom stereocenters. The van der Waals surface area contributed by atoms with E-state index in [1.54, 1.807) is 0 Å². The second-order valence-corrected chi connectivity index (χ2v) is 4.91. The van der Waals surface area contributed by atoms with Crippen LogP contribution in [0.15, 0.2) is 33.9 Å². The number of azide groups is 1. The van der Waals surface area contributed by atoms with E-state index in [1.165, 1.54) is 5.56 Å². The highest BCUT2D eigenvalue weighted by molar-refractivity contribution is 9.10. The van der Waals surface area contributed by atoms with Crippen LogP contribution in [0.25, 0.3) is 10.4 Å². The highest BCUT2D eigenvalue weighted by Gasteiger charge is 2.27. The standard InChI is InChI=1S/C11H13BrN4.ClH/c12-10-3-1-8(2-4-10)11-7-14-5-9(11)6-15-16-13;/h1-4,9,11,14H,5-7H2;1H. The molecular formula is C11H14BrClN4. The first-order chi connectivity index (χ1) is 7.81. The Hall–Kier alpha value is -0.740. The minimum absolute atomic E-state index is 0. The van der Waals surface area contributed by atoms with Gasteiger partial charge in [-0.05, 0) is 35.7 Å². The summed E-state index contributed by atoms with van der Waals surface area (Å²) >= 11 is 3.43. The van der Waals surface area contributed by atoms with Gasteiger partial charge in [-0.1, -0.05) is 33.2 Å². The Morgan fingerprint density at radius 2 is 2.06 bits per heavy atom. The zero-order valence-electron chi connectivity index (χ0n) is 9.21. The van der Waals surface area contributed by atoms with Crippen LogP contribution in [-0.4, -0.2) is 19.6 Å². The summed E-state index contributed by atoms with van der Waals surface area (Å²) in [5.41, 5.74) is 9.66. The van der Waals surface area contributed by atoms with E-state index in [0.29, 0.717) is 18.4 Å². The van der Waals surface area contributed by atoms with Crippen molar-refractivity contribution in [3.8, 4) is 0 Å². The van der Waals surface area contributed by atoms with E-state index < -0.39 is 0 Å². The predicted molar refractivity (Wildman–Crippen MR) is 74.5 cm³/mol. The van der Waals surface area contributed by atoms with Crippen LogP contribution in [0.1, 0.15) is 11.5 Å². The molecule has 4 nitrogen and oxygen atoms in total. The first-order valence-corrected chi connectivity index (χ1v) is 6.07. The fourth-order valence-corrected chi connectivity index (χ4v) is 2.43. The van der Waals surface area contributed by atoms with Crippen molar-refractivity contribution in [2.75, 3.05) is 19.6 Å². The highest BCUT2D eigenvalue weighted by atomic mass is 79.9. The summed E-state index contributed by atoms with van der Waals surface area (Å²) in [5.74, 6) is 0.871. The maximum atomic E-state index is 8.35. The van der Waals surface area contributed by atoms with Crippen LogP contribution in [-0.2, 0) is 0 Å². The SMILES string of the molecule is Cl.[N-]=[N+]=NCC1CNCC1c1ccc(Br)cc1. The molecule has 1 N–H and O–H groups in total. The number of halogens is 2. The molecule has 1 fully saturated rings. The molecule has 6 heteroatoms. The number of hydrogen-bond acceptors (Lipinski definition) is 2. The van der Waals surface area contributed by atoms with Gasteiger partial charge in [-0.15, -0.1) is 12.4 Å². The van der Waals surface area contributed by atoms with Crippen molar-refractivity contribution < 1.29 is 0 Å². The maximum Gasteiger partial charge on any atom is 0.0304 e. The molecule has 2 atom stereocenters. The molecule has 1 saturated heterocycles. The van der Waals surface area contributed by atoms with Crippen LogP contribution in [0.3, 0.4) is 0 Å². The lowest BCUT2D eigenvalue weighted by Crippen LogP contribution is -2.13. The highest BCUT2D eigenvalue weighted by Crippen LogP contribution is 2.29. The fraction of sp³-hybridized carbons (Fsp3) is 0.455. The molecule has 1 aromatic rings. The van der Waals surface area contributed by atoms with Crippen molar-refractivity contribution in [3.63, 3.8) is 0 Å². The zero-order chi connectivity index (χ0) is 11.4. The molecule has 0 amide bonds. The number of rotatable bonds is 3. The molecule has 17 heavy (non-hydrogen) atoms. The van der Waals surface area contributed by atoms with Gasteiger partial charge in [0.2, 0.25) is 0 Å². The average Bonchev–Trinajstić information content (AvgIpc) is 2.75. The normalized spacial score (nSPS) is 22.6. The van der Waals surface area contributed by atoms with Crippen molar-refractivity contribution in [1.29, 1.82) is 0 Å². The second-order valence-electron chi connectivity index (χ2n) is 3.99. The van der Waals surface area contributed by atoms with Gasteiger partial charge in [-0.25, -0.2) is 0 Å². The van der Waals surface area contributed by atoms with E-state index in [-0.39, 0.29) is 12.4 Å². The van der Waals surface area contributed by atoms with Gasteiger partial charge in [-0.3, -0.25) is 0 Å². The summed E-state index contributed by atoms with van der Waals surface area (Å²) in [7, 11) is 0. The topological polar surface area (TPSA) is 60.8 Å². The minimum Gasteiger partial charge on any atom is -0.316 e. The monoisotopic (exact) mass is 316 g/mol. The maximum absolute atomic E-state index is 8.35. The molecule has 92 valence electrons. The van der Waals surface area contributed by atoms with Crippen molar-refractivity contribution in [2.45, 2.75) is 5.92 Å². The molecule has 0 spiro atoms. The summed E-state index contributed by atoms with van der Waals surface area (Å²) in [6, 6.07) is 8.37. The first-order valence-electron chi connectivity index (χ1n) is 5.28. The van der Waals surface area contributed by atoms with Crippen molar-refractivity contribution in [2.24, 2.45) is 11.0 Å². The molecule has 2 rings (SSSR count). The second kappa shape index (κ2) is 6.87. The first kappa shape index (κ1) is 14.3. The van der Waals surface area contributed by atoms with Gasteiger partial charge in [-0.2, -0.15) is 0 Å².